The number of aromatic nitrogens is 1. The van der Waals surface area contributed by atoms with Gasteiger partial charge in [0.1, 0.15) is 24.0 Å². The lowest BCUT2D eigenvalue weighted by Gasteiger charge is -2.18. The van der Waals surface area contributed by atoms with Crippen LogP contribution in [0.1, 0.15) is 0 Å². The monoisotopic (exact) mass is 460 g/mol. The number of ether oxygens (including phenoxy) is 3. The molecular weight excluding hydrogens is 448 g/mol. The van der Waals surface area contributed by atoms with E-state index >= 15 is 0 Å². The maximum absolute atomic E-state index is 12.7. The van der Waals surface area contributed by atoms with Gasteiger partial charge in [-0.1, -0.05) is 22.9 Å². The molecule has 1 aliphatic rings. The number of thiazole rings is 1. The normalized spacial score (nSPS) is 14.4. The van der Waals surface area contributed by atoms with Crippen molar-refractivity contribution in [3.8, 4) is 11.5 Å². The van der Waals surface area contributed by atoms with Crippen LogP contribution in [0.3, 0.4) is 0 Å². The molecule has 0 amide bonds. The molecule has 0 bridgehead atoms. The summed E-state index contributed by atoms with van der Waals surface area (Å²) in [6, 6.07) is 6.34. The van der Waals surface area contributed by atoms with Crippen LogP contribution in [0.15, 0.2) is 32.9 Å². The van der Waals surface area contributed by atoms with Crippen molar-refractivity contribution in [3.05, 3.63) is 33.4 Å². The Morgan fingerprint density at radius 1 is 1.25 bits per heavy atom. The second-order valence-corrected chi connectivity index (χ2v) is 10.2. The number of halogens is 1. The van der Waals surface area contributed by atoms with Gasteiger partial charge in [0.25, 0.3) is 10.0 Å². The van der Waals surface area contributed by atoms with Crippen LogP contribution in [0.5, 0.6) is 11.5 Å². The summed E-state index contributed by atoms with van der Waals surface area (Å²) in [4.78, 5) is 12.0. The van der Waals surface area contributed by atoms with E-state index in [9.17, 15) is 13.2 Å². The zero-order valence-corrected chi connectivity index (χ0v) is 17.6. The Morgan fingerprint density at radius 3 is 2.61 bits per heavy atom. The molecule has 0 unspecified atom stereocenters. The maximum Gasteiger partial charge on any atom is 0.325 e. The Balaban J connectivity index is 1.93. The molecular formula is C16H13ClN2O6S3. The second kappa shape index (κ2) is 7.39. The molecule has 0 aliphatic carbocycles. The summed E-state index contributed by atoms with van der Waals surface area (Å²) in [6.07, 6.45) is 0. The molecule has 0 N–H and O–H groups in total. The van der Waals surface area contributed by atoms with Crippen LogP contribution in [-0.4, -0.2) is 39.3 Å². The molecule has 0 saturated carbocycles. The van der Waals surface area contributed by atoms with E-state index in [1.165, 1.54) is 23.8 Å². The zero-order valence-electron chi connectivity index (χ0n) is 14.4. The van der Waals surface area contributed by atoms with E-state index in [0.717, 1.165) is 22.7 Å². The van der Waals surface area contributed by atoms with Crippen LogP contribution in [0.2, 0.25) is 4.34 Å². The summed E-state index contributed by atoms with van der Waals surface area (Å²) < 4.78 is 47.7. The summed E-state index contributed by atoms with van der Waals surface area (Å²) >= 11 is 7.88. The lowest BCUT2D eigenvalue weighted by Crippen LogP contribution is -2.22. The Kier molecular flexibility index (Phi) is 5.08. The third-order valence-corrected chi connectivity index (χ3v) is 7.98. The molecule has 0 atom stereocenters. The van der Waals surface area contributed by atoms with Crippen molar-refractivity contribution >= 4 is 60.5 Å². The Morgan fingerprint density at radius 2 is 1.96 bits per heavy atom. The number of methoxy groups -OCH3 is 1. The second-order valence-electron chi connectivity index (χ2n) is 5.64. The minimum Gasteiger partial charge on any atom is -0.486 e. The third-order valence-electron chi connectivity index (χ3n) is 3.86. The summed E-state index contributed by atoms with van der Waals surface area (Å²) in [6.45, 7) is 0.636. The van der Waals surface area contributed by atoms with Crippen LogP contribution in [0.25, 0.3) is 10.2 Å². The van der Waals surface area contributed by atoms with E-state index in [4.69, 9.17) is 25.8 Å². The molecule has 0 radical (unpaired) electrons. The van der Waals surface area contributed by atoms with Gasteiger partial charge >= 0.3 is 5.97 Å². The van der Waals surface area contributed by atoms with Gasteiger partial charge in [-0.05, 0) is 12.1 Å². The van der Waals surface area contributed by atoms with Crippen molar-refractivity contribution in [1.82, 2.24) is 4.57 Å². The maximum atomic E-state index is 12.7. The van der Waals surface area contributed by atoms with Crippen molar-refractivity contribution in [3.63, 3.8) is 0 Å². The van der Waals surface area contributed by atoms with E-state index in [-0.39, 0.29) is 15.6 Å². The standard InChI is InChI=1S/C16H13ClN2O6S3/c1-23-14(20)8-19-9-6-10-11(25-5-4-24-10)7-12(9)26-16(19)18-28(21,22)15-3-2-13(17)27-15/h2-3,6-7H,4-5,8H2,1H3. The highest BCUT2D eigenvalue weighted by Crippen LogP contribution is 2.36. The first kappa shape index (κ1) is 19.2. The molecule has 3 aromatic rings. The number of carbonyl (C=O) groups excluding carboxylic acids is 1. The number of sulfonamides is 1. The average molecular weight is 461 g/mol. The summed E-state index contributed by atoms with van der Waals surface area (Å²) in [5.41, 5.74) is 0.595. The molecule has 0 saturated heterocycles. The van der Waals surface area contributed by atoms with Crippen molar-refractivity contribution < 1.29 is 27.4 Å². The number of hydrogen-bond donors (Lipinski definition) is 0. The van der Waals surface area contributed by atoms with E-state index in [1.54, 1.807) is 12.1 Å². The fourth-order valence-corrected chi connectivity index (χ4v) is 6.31. The third kappa shape index (κ3) is 3.62. The minimum absolute atomic E-state index is 0.0190. The zero-order chi connectivity index (χ0) is 19.9. The number of rotatable bonds is 4. The van der Waals surface area contributed by atoms with E-state index < -0.39 is 16.0 Å². The number of hydrogen-bond acceptors (Lipinski definition) is 8. The Hall–Kier alpha value is -2.08. The van der Waals surface area contributed by atoms with Crippen molar-refractivity contribution in [1.29, 1.82) is 0 Å². The molecule has 28 heavy (non-hydrogen) atoms. The molecule has 12 heteroatoms. The predicted octanol–water partition coefficient (Wildman–Crippen LogP) is 2.65. The smallest absolute Gasteiger partial charge is 0.325 e. The SMILES string of the molecule is COC(=O)Cn1c(=NS(=O)(=O)c2ccc(Cl)s2)sc2cc3c(cc21)OCCO3. The van der Waals surface area contributed by atoms with Gasteiger partial charge in [-0.15, -0.1) is 15.7 Å². The molecule has 8 nitrogen and oxygen atoms in total. The molecule has 1 aromatic carbocycles. The van der Waals surface area contributed by atoms with Crippen molar-refractivity contribution in [2.75, 3.05) is 20.3 Å². The lowest BCUT2D eigenvalue weighted by atomic mass is 10.2. The molecule has 0 spiro atoms. The van der Waals surface area contributed by atoms with Gasteiger partial charge in [-0.25, -0.2) is 0 Å². The summed E-state index contributed by atoms with van der Waals surface area (Å²) in [7, 11) is -2.73. The van der Waals surface area contributed by atoms with E-state index in [1.807, 2.05) is 0 Å². The summed E-state index contributed by atoms with van der Waals surface area (Å²) in [5, 5.41) is 0. The molecule has 3 heterocycles. The average Bonchev–Trinajstić information content (AvgIpc) is 3.24. The highest BCUT2D eigenvalue weighted by molar-refractivity contribution is 7.92. The van der Waals surface area contributed by atoms with Crippen LogP contribution in [-0.2, 0) is 26.1 Å². The van der Waals surface area contributed by atoms with Crippen molar-refractivity contribution in [2.45, 2.75) is 10.8 Å². The van der Waals surface area contributed by atoms with Gasteiger partial charge in [-0.3, -0.25) is 4.79 Å². The topological polar surface area (TPSA) is 96.2 Å². The number of benzene rings is 1. The number of carbonyl (C=O) groups is 1. The molecule has 2 aromatic heterocycles. The molecule has 148 valence electrons. The first-order valence-corrected chi connectivity index (χ1v) is 11.4. The molecule has 0 fully saturated rings. The highest BCUT2D eigenvalue weighted by atomic mass is 35.5. The lowest BCUT2D eigenvalue weighted by molar-refractivity contribution is -0.141. The summed E-state index contributed by atoms with van der Waals surface area (Å²) in [5.74, 6) is 0.548. The number of fused-ring (bicyclic) bond motifs is 2. The predicted molar refractivity (Wildman–Crippen MR) is 105 cm³/mol. The first-order valence-electron chi connectivity index (χ1n) is 7.93. The van der Waals surface area contributed by atoms with Crippen LogP contribution in [0, 0.1) is 0 Å². The number of esters is 1. The van der Waals surface area contributed by atoms with Gasteiger partial charge in [0.15, 0.2) is 11.5 Å². The molecule has 4 rings (SSSR count). The Bertz CT molecular complexity index is 1240. The van der Waals surface area contributed by atoms with Gasteiger partial charge in [-0.2, -0.15) is 8.42 Å². The highest BCUT2D eigenvalue weighted by Gasteiger charge is 2.21. The van der Waals surface area contributed by atoms with Crippen LogP contribution >= 0.6 is 34.3 Å². The molecule has 1 aliphatic heterocycles. The number of thiophene rings is 1. The fourth-order valence-electron chi connectivity index (χ4n) is 2.61. The van der Waals surface area contributed by atoms with Gasteiger partial charge < -0.3 is 18.8 Å². The fraction of sp³-hybridized carbons (Fsp3) is 0.250. The number of nitrogens with zero attached hydrogens (tertiary/aromatic N) is 2. The van der Waals surface area contributed by atoms with Gasteiger partial charge in [0.2, 0.25) is 4.80 Å². The quantitative estimate of drug-likeness (QED) is 0.555. The first-order chi connectivity index (χ1) is 13.4. The largest absolute Gasteiger partial charge is 0.486 e. The minimum atomic E-state index is -3.99. The Labute approximate surface area is 172 Å². The van der Waals surface area contributed by atoms with Crippen LogP contribution < -0.4 is 14.3 Å². The van der Waals surface area contributed by atoms with Crippen LogP contribution in [0.4, 0.5) is 0 Å². The van der Waals surface area contributed by atoms with Crippen molar-refractivity contribution in [2.24, 2.45) is 4.40 Å². The van der Waals surface area contributed by atoms with Gasteiger partial charge in [0, 0.05) is 12.1 Å². The van der Waals surface area contributed by atoms with E-state index in [0.29, 0.717) is 39.3 Å². The van der Waals surface area contributed by atoms with Gasteiger partial charge in [0.05, 0.1) is 21.7 Å². The van der Waals surface area contributed by atoms with E-state index in [2.05, 4.69) is 4.40 Å².